The Hall–Kier alpha value is -1.85. The zero-order valence-corrected chi connectivity index (χ0v) is 10.4. The van der Waals surface area contributed by atoms with Crippen molar-refractivity contribution in [3.63, 3.8) is 0 Å². The van der Waals surface area contributed by atoms with E-state index in [4.69, 9.17) is 9.84 Å². The summed E-state index contributed by atoms with van der Waals surface area (Å²) in [7, 11) is 1.52. The Kier molecular flexibility index (Phi) is 4.25. The van der Waals surface area contributed by atoms with Crippen LogP contribution in [0.5, 0.6) is 5.88 Å². The molecule has 2 N–H and O–H groups in total. The lowest BCUT2D eigenvalue weighted by atomic mass is 10.0. The Morgan fingerprint density at radius 2 is 2.12 bits per heavy atom. The minimum absolute atomic E-state index is 0.265. The number of carbonyl (C=O) groups is 1. The molecule has 1 aromatic heterocycles. The van der Waals surface area contributed by atoms with E-state index < -0.39 is 11.9 Å². The SMILES string of the molecule is COc1cc(C)nc(NC(C)C(C)C(=O)O)n1. The lowest BCUT2D eigenvalue weighted by Gasteiger charge is -2.18. The molecule has 2 unspecified atom stereocenters. The van der Waals surface area contributed by atoms with Crippen molar-refractivity contribution in [3.8, 4) is 5.88 Å². The van der Waals surface area contributed by atoms with Crippen molar-refractivity contribution in [3.05, 3.63) is 11.8 Å². The highest BCUT2D eigenvalue weighted by Crippen LogP contribution is 2.14. The van der Waals surface area contributed by atoms with Crippen molar-refractivity contribution < 1.29 is 14.6 Å². The molecule has 1 aromatic rings. The van der Waals surface area contributed by atoms with E-state index in [1.165, 1.54) is 7.11 Å². The first kappa shape index (κ1) is 13.2. The minimum atomic E-state index is -0.857. The van der Waals surface area contributed by atoms with Crippen LogP contribution in [-0.4, -0.2) is 34.2 Å². The predicted octanol–water partition coefficient (Wildman–Crippen LogP) is 1.31. The first-order valence-electron chi connectivity index (χ1n) is 5.33. The van der Waals surface area contributed by atoms with E-state index in [-0.39, 0.29) is 6.04 Å². The molecule has 0 bridgehead atoms. The third-order valence-corrected chi connectivity index (χ3v) is 2.54. The first-order valence-corrected chi connectivity index (χ1v) is 5.33. The van der Waals surface area contributed by atoms with Gasteiger partial charge < -0.3 is 15.2 Å². The van der Waals surface area contributed by atoms with Crippen molar-refractivity contribution >= 4 is 11.9 Å². The largest absolute Gasteiger partial charge is 0.481 e. The molecule has 94 valence electrons. The maximum Gasteiger partial charge on any atom is 0.308 e. The molecule has 0 radical (unpaired) electrons. The quantitative estimate of drug-likeness (QED) is 0.806. The maximum atomic E-state index is 10.8. The van der Waals surface area contributed by atoms with Crippen LogP contribution in [0, 0.1) is 12.8 Å². The van der Waals surface area contributed by atoms with Crippen LogP contribution < -0.4 is 10.1 Å². The predicted molar refractivity (Wildman–Crippen MR) is 63.2 cm³/mol. The zero-order chi connectivity index (χ0) is 13.0. The number of carboxylic acids is 1. The van der Waals surface area contributed by atoms with Crippen LogP contribution in [0.25, 0.3) is 0 Å². The Labute approximate surface area is 100 Å². The number of nitrogens with one attached hydrogen (secondary N) is 1. The van der Waals surface area contributed by atoms with E-state index in [0.717, 1.165) is 5.69 Å². The molecule has 2 atom stereocenters. The van der Waals surface area contributed by atoms with Crippen molar-refractivity contribution in [2.24, 2.45) is 5.92 Å². The topological polar surface area (TPSA) is 84.3 Å². The second kappa shape index (κ2) is 5.47. The van der Waals surface area contributed by atoms with Crippen LogP contribution in [0.2, 0.25) is 0 Å². The molecule has 0 aromatic carbocycles. The second-order valence-electron chi connectivity index (χ2n) is 3.94. The highest BCUT2D eigenvalue weighted by molar-refractivity contribution is 5.70. The van der Waals surface area contributed by atoms with Gasteiger partial charge in [0.15, 0.2) is 0 Å². The average molecular weight is 239 g/mol. The molecule has 0 aliphatic rings. The van der Waals surface area contributed by atoms with Gasteiger partial charge in [-0.05, 0) is 20.8 Å². The number of ether oxygens (including phenoxy) is 1. The van der Waals surface area contributed by atoms with Crippen molar-refractivity contribution in [1.29, 1.82) is 0 Å². The molecule has 0 saturated heterocycles. The molecule has 1 heterocycles. The summed E-state index contributed by atoms with van der Waals surface area (Å²) in [5.74, 6) is -0.549. The third-order valence-electron chi connectivity index (χ3n) is 2.54. The van der Waals surface area contributed by atoms with E-state index >= 15 is 0 Å². The summed E-state index contributed by atoms with van der Waals surface area (Å²) < 4.78 is 5.02. The second-order valence-corrected chi connectivity index (χ2v) is 3.94. The number of rotatable bonds is 5. The zero-order valence-electron chi connectivity index (χ0n) is 10.4. The van der Waals surface area contributed by atoms with Crippen LogP contribution in [0.15, 0.2) is 6.07 Å². The minimum Gasteiger partial charge on any atom is -0.481 e. The Balaban J connectivity index is 2.80. The Morgan fingerprint density at radius 1 is 1.47 bits per heavy atom. The molecule has 0 spiro atoms. The smallest absolute Gasteiger partial charge is 0.308 e. The van der Waals surface area contributed by atoms with Crippen LogP contribution in [0.1, 0.15) is 19.5 Å². The number of aromatic nitrogens is 2. The monoisotopic (exact) mass is 239 g/mol. The van der Waals surface area contributed by atoms with Gasteiger partial charge in [-0.15, -0.1) is 0 Å². The number of aliphatic carboxylic acids is 1. The van der Waals surface area contributed by atoms with E-state index in [1.54, 1.807) is 19.9 Å². The van der Waals surface area contributed by atoms with Gasteiger partial charge in [-0.3, -0.25) is 4.79 Å². The van der Waals surface area contributed by atoms with Crippen molar-refractivity contribution in [2.75, 3.05) is 12.4 Å². The summed E-state index contributed by atoms with van der Waals surface area (Å²) in [6, 6.07) is 1.44. The van der Waals surface area contributed by atoms with Gasteiger partial charge in [0.2, 0.25) is 11.8 Å². The van der Waals surface area contributed by atoms with Gasteiger partial charge in [0, 0.05) is 17.8 Å². The number of anilines is 1. The van der Waals surface area contributed by atoms with Gasteiger partial charge in [-0.2, -0.15) is 4.98 Å². The highest BCUT2D eigenvalue weighted by Gasteiger charge is 2.20. The van der Waals surface area contributed by atoms with Crippen LogP contribution in [0.3, 0.4) is 0 Å². The van der Waals surface area contributed by atoms with Gasteiger partial charge in [-0.1, -0.05) is 0 Å². The fourth-order valence-corrected chi connectivity index (χ4v) is 1.25. The number of hydrogen-bond acceptors (Lipinski definition) is 5. The molecule has 0 aliphatic heterocycles. The lowest BCUT2D eigenvalue weighted by molar-refractivity contribution is -0.141. The van der Waals surface area contributed by atoms with E-state index in [0.29, 0.717) is 11.8 Å². The molecule has 0 saturated carbocycles. The molecule has 1 rings (SSSR count). The molecule has 6 nitrogen and oxygen atoms in total. The number of hydrogen-bond donors (Lipinski definition) is 2. The highest BCUT2D eigenvalue weighted by atomic mass is 16.5. The summed E-state index contributed by atoms with van der Waals surface area (Å²) in [6.45, 7) is 5.23. The summed E-state index contributed by atoms with van der Waals surface area (Å²) in [5, 5.41) is 11.8. The third kappa shape index (κ3) is 3.58. The fraction of sp³-hybridized carbons (Fsp3) is 0.545. The summed E-state index contributed by atoms with van der Waals surface area (Å²) in [6.07, 6.45) is 0. The van der Waals surface area contributed by atoms with Gasteiger partial charge in [0.05, 0.1) is 13.0 Å². The molecule has 0 aliphatic carbocycles. The molecule has 17 heavy (non-hydrogen) atoms. The van der Waals surface area contributed by atoms with E-state index in [9.17, 15) is 4.79 Å². The van der Waals surface area contributed by atoms with Gasteiger partial charge in [0.1, 0.15) is 0 Å². The molecule has 6 heteroatoms. The van der Waals surface area contributed by atoms with E-state index in [1.807, 2.05) is 6.92 Å². The Morgan fingerprint density at radius 3 is 2.65 bits per heavy atom. The molecule has 0 amide bonds. The van der Waals surface area contributed by atoms with E-state index in [2.05, 4.69) is 15.3 Å². The molecular formula is C11H17N3O3. The summed E-state index contributed by atoms with van der Waals surface area (Å²) in [4.78, 5) is 19.1. The number of aryl methyl sites for hydroxylation is 1. The average Bonchev–Trinajstić information content (AvgIpc) is 2.26. The summed E-state index contributed by atoms with van der Waals surface area (Å²) >= 11 is 0. The number of carboxylic acid groups (broad SMARTS) is 1. The maximum absolute atomic E-state index is 10.8. The van der Waals surface area contributed by atoms with Crippen LogP contribution in [0.4, 0.5) is 5.95 Å². The first-order chi connectivity index (χ1) is 7.93. The van der Waals surface area contributed by atoms with Crippen molar-refractivity contribution in [2.45, 2.75) is 26.8 Å². The molecular weight excluding hydrogens is 222 g/mol. The fourth-order valence-electron chi connectivity index (χ4n) is 1.25. The van der Waals surface area contributed by atoms with Gasteiger partial charge in [0.25, 0.3) is 0 Å². The standard InChI is InChI=1S/C11H17N3O3/c1-6-5-9(17-4)14-11(12-6)13-8(3)7(2)10(15)16/h5,7-8H,1-4H3,(H,15,16)(H,12,13,14). The number of nitrogens with zero attached hydrogens (tertiary/aromatic N) is 2. The van der Waals surface area contributed by atoms with Crippen molar-refractivity contribution in [1.82, 2.24) is 9.97 Å². The normalized spacial score (nSPS) is 13.9. The van der Waals surface area contributed by atoms with Crippen LogP contribution in [-0.2, 0) is 4.79 Å². The van der Waals surface area contributed by atoms with Gasteiger partial charge in [-0.25, -0.2) is 4.98 Å². The molecule has 0 fully saturated rings. The lowest BCUT2D eigenvalue weighted by Crippen LogP contribution is -2.30. The number of methoxy groups -OCH3 is 1. The van der Waals surface area contributed by atoms with Crippen LogP contribution >= 0.6 is 0 Å². The Bertz CT molecular complexity index is 409. The summed E-state index contributed by atoms with van der Waals surface area (Å²) in [5.41, 5.74) is 0.759. The van der Waals surface area contributed by atoms with Gasteiger partial charge >= 0.3 is 5.97 Å².